The summed E-state index contributed by atoms with van der Waals surface area (Å²) in [6.07, 6.45) is 4.11. The van der Waals surface area contributed by atoms with E-state index < -0.39 is 0 Å². The molecular weight excluding hydrogens is 316 g/mol. The lowest BCUT2D eigenvalue weighted by atomic mass is 10.0. The lowest BCUT2D eigenvalue weighted by Crippen LogP contribution is -2.44. The molecule has 3 rings (SSSR count). The second-order valence-corrected chi connectivity index (χ2v) is 5.74. The predicted octanol–water partition coefficient (Wildman–Crippen LogP) is 2.62. The molecule has 1 aliphatic rings. The molecular formula is C17H23ClN2O3. The van der Waals surface area contributed by atoms with Crippen molar-refractivity contribution in [3.05, 3.63) is 30.0 Å². The van der Waals surface area contributed by atoms with Gasteiger partial charge in [0, 0.05) is 36.1 Å². The summed E-state index contributed by atoms with van der Waals surface area (Å²) < 4.78 is 10.7. The molecule has 5 nitrogen and oxygen atoms in total. The van der Waals surface area contributed by atoms with Crippen molar-refractivity contribution in [1.29, 1.82) is 0 Å². The van der Waals surface area contributed by atoms with Crippen LogP contribution in [0.2, 0.25) is 0 Å². The molecule has 0 unspecified atom stereocenters. The molecule has 0 aliphatic carbocycles. The highest BCUT2D eigenvalue weighted by atomic mass is 35.5. The molecule has 1 aromatic heterocycles. The number of benzene rings is 1. The minimum absolute atomic E-state index is 0. The second kappa shape index (κ2) is 7.70. The van der Waals surface area contributed by atoms with Crippen molar-refractivity contribution in [1.82, 2.24) is 10.2 Å². The van der Waals surface area contributed by atoms with E-state index in [4.69, 9.17) is 9.15 Å². The molecule has 0 radical (unpaired) electrons. The molecule has 23 heavy (non-hydrogen) atoms. The third kappa shape index (κ3) is 3.79. The summed E-state index contributed by atoms with van der Waals surface area (Å²) in [4.78, 5) is 14.4. The van der Waals surface area contributed by atoms with Crippen LogP contribution in [0.1, 0.15) is 18.4 Å². The maximum Gasteiger partial charge on any atom is 0.227 e. The average molecular weight is 339 g/mol. The zero-order chi connectivity index (χ0) is 15.5. The van der Waals surface area contributed by atoms with Crippen LogP contribution >= 0.6 is 12.4 Å². The van der Waals surface area contributed by atoms with Gasteiger partial charge < -0.3 is 19.4 Å². The number of rotatable bonds is 4. The Hall–Kier alpha value is -1.72. The van der Waals surface area contributed by atoms with Gasteiger partial charge in [-0.3, -0.25) is 4.79 Å². The largest absolute Gasteiger partial charge is 0.497 e. The second-order valence-electron chi connectivity index (χ2n) is 5.74. The third-order valence-electron chi connectivity index (χ3n) is 4.46. The fourth-order valence-electron chi connectivity index (χ4n) is 3.02. The first-order chi connectivity index (χ1) is 10.7. The molecule has 1 amide bonds. The number of ether oxygens (including phenoxy) is 1. The van der Waals surface area contributed by atoms with Crippen molar-refractivity contribution in [2.75, 3.05) is 27.2 Å². The van der Waals surface area contributed by atoms with Crippen LogP contribution < -0.4 is 10.1 Å². The first kappa shape index (κ1) is 17.6. The van der Waals surface area contributed by atoms with Gasteiger partial charge in [-0.25, -0.2) is 0 Å². The molecule has 6 heteroatoms. The molecule has 1 N–H and O–H groups in total. The Bertz CT molecular complexity index is 663. The molecule has 2 heterocycles. The average Bonchev–Trinajstić information content (AvgIpc) is 2.97. The van der Waals surface area contributed by atoms with Crippen LogP contribution in [0.3, 0.4) is 0 Å². The van der Waals surface area contributed by atoms with E-state index in [1.54, 1.807) is 13.4 Å². The van der Waals surface area contributed by atoms with Crippen molar-refractivity contribution >= 4 is 29.3 Å². The number of nitrogens with zero attached hydrogens (tertiary/aromatic N) is 1. The molecule has 2 aromatic rings. The monoisotopic (exact) mass is 338 g/mol. The van der Waals surface area contributed by atoms with E-state index in [1.165, 1.54) is 0 Å². The zero-order valence-electron chi connectivity index (χ0n) is 13.5. The van der Waals surface area contributed by atoms with Crippen LogP contribution in [0, 0.1) is 0 Å². The number of carbonyl (C=O) groups excluding carboxylic acids is 1. The van der Waals surface area contributed by atoms with E-state index in [1.807, 2.05) is 30.1 Å². The topological polar surface area (TPSA) is 54.7 Å². The number of halogens is 1. The maximum absolute atomic E-state index is 12.5. The van der Waals surface area contributed by atoms with Crippen LogP contribution in [-0.4, -0.2) is 44.1 Å². The number of carbonyl (C=O) groups is 1. The molecule has 126 valence electrons. The van der Waals surface area contributed by atoms with Crippen LogP contribution in [0.4, 0.5) is 0 Å². The first-order valence-corrected chi connectivity index (χ1v) is 7.70. The Morgan fingerprint density at radius 1 is 1.39 bits per heavy atom. The van der Waals surface area contributed by atoms with Crippen molar-refractivity contribution < 1.29 is 13.9 Å². The number of furan rings is 1. The lowest BCUT2D eigenvalue weighted by Gasteiger charge is -2.31. The summed E-state index contributed by atoms with van der Waals surface area (Å²) in [5.41, 5.74) is 1.70. The summed E-state index contributed by atoms with van der Waals surface area (Å²) in [6, 6.07) is 6.23. The molecule has 1 fully saturated rings. The van der Waals surface area contributed by atoms with Gasteiger partial charge in [-0.05, 0) is 32.0 Å². The number of likely N-dealkylation sites (tertiary alicyclic amines) is 1. The number of hydrogen-bond donors (Lipinski definition) is 1. The van der Waals surface area contributed by atoms with Crippen LogP contribution in [0.25, 0.3) is 11.0 Å². The molecule has 0 spiro atoms. The SMILES string of the molecule is CNC1CCN(C(=O)Cc2coc3cc(OC)ccc23)CC1.Cl. The fourth-order valence-corrected chi connectivity index (χ4v) is 3.02. The fraction of sp³-hybridized carbons (Fsp3) is 0.471. The number of nitrogens with one attached hydrogen (secondary N) is 1. The van der Waals surface area contributed by atoms with Crippen molar-refractivity contribution in [2.24, 2.45) is 0 Å². The minimum atomic E-state index is 0. The first-order valence-electron chi connectivity index (χ1n) is 7.70. The molecule has 1 aliphatic heterocycles. The lowest BCUT2D eigenvalue weighted by molar-refractivity contribution is -0.131. The smallest absolute Gasteiger partial charge is 0.227 e. The highest BCUT2D eigenvalue weighted by molar-refractivity contribution is 5.88. The van der Waals surface area contributed by atoms with Gasteiger partial charge in [0.25, 0.3) is 0 Å². The summed E-state index contributed by atoms with van der Waals surface area (Å²) in [6.45, 7) is 1.65. The summed E-state index contributed by atoms with van der Waals surface area (Å²) in [7, 11) is 3.61. The van der Waals surface area contributed by atoms with Crippen LogP contribution in [0.5, 0.6) is 5.75 Å². The molecule has 0 bridgehead atoms. The number of methoxy groups -OCH3 is 1. The third-order valence-corrected chi connectivity index (χ3v) is 4.46. The van der Waals surface area contributed by atoms with Crippen molar-refractivity contribution in [3.8, 4) is 5.75 Å². The number of piperidine rings is 1. The Labute approximate surface area is 142 Å². The van der Waals surface area contributed by atoms with E-state index in [9.17, 15) is 4.79 Å². The minimum Gasteiger partial charge on any atom is -0.497 e. The summed E-state index contributed by atoms with van der Waals surface area (Å²) in [5.74, 6) is 0.932. The van der Waals surface area contributed by atoms with Gasteiger partial charge in [0.2, 0.25) is 5.91 Å². The Kier molecular flexibility index (Phi) is 5.91. The maximum atomic E-state index is 12.5. The van der Waals surface area contributed by atoms with Crippen molar-refractivity contribution in [2.45, 2.75) is 25.3 Å². The van der Waals surface area contributed by atoms with Gasteiger partial charge in [0.1, 0.15) is 11.3 Å². The normalized spacial score (nSPS) is 15.5. The van der Waals surface area contributed by atoms with Crippen LogP contribution in [0.15, 0.2) is 28.9 Å². The van der Waals surface area contributed by atoms with E-state index in [0.717, 1.165) is 48.2 Å². The Morgan fingerprint density at radius 3 is 2.78 bits per heavy atom. The zero-order valence-corrected chi connectivity index (χ0v) is 14.3. The quantitative estimate of drug-likeness (QED) is 0.931. The summed E-state index contributed by atoms with van der Waals surface area (Å²) in [5, 5.41) is 4.26. The van der Waals surface area contributed by atoms with Gasteiger partial charge in [0.15, 0.2) is 0 Å². The van der Waals surface area contributed by atoms with E-state index in [2.05, 4.69) is 5.32 Å². The van der Waals surface area contributed by atoms with Gasteiger partial charge in [-0.2, -0.15) is 0 Å². The number of fused-ring (bicyclic) bond motifs is 1. The van der Waals surface area contributed by atoms with Crippen LogP contribution in [-0.2, 0) is 11.2 Å². The molecule has 0 saturated carbocycles. The Balaban J connectivity index is 0.00000192. The highest BCUT2D eigenvalue weighted by Gasteiger charge is 2.22. The van der Waals surface area contributed by atoms with Gasteiger partial charge in [-0.15, -0.1) is 12.4 Å². The van der Waals surface area contributed by atoms with E-state index in [-0.39, 0.29) is 18.3 Å². The highest BCUT2D eigenvalue weighted by Crippen LogP contribution is 2.26. The molecule has 0 atom stereocenters. The Morgan fingerprint density at radius 2 is 2.13 bits per heavy atom. The number of hydrogen-bond acceptors (Lipinski definition) is 4. The molecule has 1 aromatic carbocycles. The van der Waals surface area contributed by atoms with Gasteiger partial charge >= 0.3 is 0 Å². The van der Waals surface area contributed by atoms with E-state index in [0.29, 0.717) is 12.5 Å². The standard InChI is InChI=1S/C17H22N2O3.ClH/c1-18-13-5-7-19(8-6-13)17(20)9-12-11-22-16-10-14(21-2)3-4-15(12)16;/h3-4,10-11,13,18H,5-9H2,1-2H3;1H. The van der Waals surface area contributed by atoms with E-state index >= 15 is 0 Å². The predicted molar refractivity (Wildman–Crippen MR) is 92.4 cm³/mol. The van der Waals surface area contributed by atoms with Gasteiger partial charge in [-0.1, -0.05) is 0 Å². The number of amides is 1. The van der Waals surface area contributed by atoms with Gasteiger partial charge in [0.05, 0.1) is 19.8 Å². The summed E-state index contributed by atoms with van der Waals surface area (Å²) >= 11 is 0. The molecule has 1 saturated heterocycles. The van der Waals surface area contributed by atoms with Crippen molar-refractivity contribution in [3.63, 3.8) is 0 Å².